The molecule has 2 saturated carbocycles. The van der Waals surface area contributed by atoms with Crippen molar-refractivity contribution >= 4 is 71.3 Å². The van der Waals surface area contributed by atoms with Crippen LogP contribution in [-0.4, -0.2) is 171 Å². The first kappa shape index (κ1) is 55.7. The maximum atomic E-state index is 13.7. The first-order chi connectivity index (χ1) is 31.1. The van der Waals surface area contributed by atoms with Crippen molar-refractivity contribution in [3.63, 3.8) is 0 Å². The molecule has 0 aliphatic heterocycles. The molecule has 0 bridgehead atoms. The maximum absolute atomic E-state index is 13.7. The first-order valence-corrected chi connectivity index (χ1v) is 21.1. The number of phenols is 2. The summed E-state index contributed by atoms with van der Waals surface area (Å²) in [6.07, 6.45) is -3.18. The number of likely N-dealkylation sites (N-methyl/N-ethyl adjacent to an activating group) is 2. The fourth-order valence-corrected chi connectivity index (χ4v) is 11.2. The van der Waals surface area contributed by atoms with Gasteiger partial charge in [0.25, 0.3) is 11.8 Å². The van der Waals surface area contributed by atoms with Gasteiger partial charge < -0.3 is 67.6 Å². The highest BCUT2D eigenvalue weighted by Crippen LogP contribution is 2.58. The summed E-state index contributed by atoms with van der Waals surface area (Å²) in [7, 11) is 5.84. The monoisotopic (exact) mass is 1010 g/mol. The number of carbonyl (C=O) groups is 6. The van der Waals surface area contributed by atoms with Crippen molar-refractivity contribution in [2.24, 2.45) is 35.1 Å². The average molecular weight is 1010 g/mol. The van der Waals surface area contributed by atoms with Crippen LogP contribution in [0.2, 0.25) is 0 Å². The Balaban J connectivity index is 0.000000277. The van der Waals surface area contributed by atoms with Gasteiger partial charge in [-0.25, -0.2) is 0 Å². The third kappa shape index (κ3) is 7.76. The van der Waals surface area contributed by atoms with E-state index in [0.29, 0.717) is 11.1 Å². The lowest BCUT2D eigenvalue weighted by atomic mass is 9.54. The first-order valence-electron chi connectivity index (χ1n) is 21.1. The van der Waals surface area contributed by atoms with Gasteiger partial charge in [-0.3, -0.25) is 38.6 Å². The predicted molar refractivity (Wildman–Crippen MR) is 248 cm³/mol. The number of primary amides is 2. The molecule has 2 fully saturated rings. The molecule has 21 nitrogen and oxygen atoms in total. The summed E-state index contributed by atoms with van der Waals surface area (Å²) in [5, 5.41) is 117. The zero-order valence-corrected chi connectivity index (χ0v) is 39.8. The highest BCUT2D eigenvalue weighted by Gasteiger charge is 2.70. The van der Waals surface area contributed by atoms with E-state index >= 15 is 0 Å². The van der Waals surface area contributed by atoms with Gasteiger partial charge >= 0.3 is 0 Å². The van der Waals surface area contributed by atoms with Crippen LogP contribution in [0.4, 0.5) is 0 Å². The number of nitrogens with zero attached hydrogens (tertiary/aromatic N) is 2. The van der Waals surface area contributed by atoms with Crippen LogP contribution in [0, 0.1) is 23.7 Å². The van der Waals surface area contributed by atoms with E-state index in [0.717, 1.165) is 0 Å². The Morgan fingerprint density at radius 3 is 1.16 bits per heavy atom. The third-order valence-electron chi connectivity index (χ3n) is 14.0. The van der Waals surface area contributed by atoms with Gasteiger partial charge in [0.15, 0.2) is 22.8 Å². The molecule has 0 heterocycles. The van der Waals surface area contributed by atoms with E-state index in [2.05, 4.69) is 0 Å². The van der Waals surface area contributed by atoms with Crippen LogP contribution in [0.1, 0.15) is 54.9 Å². The molecular weight excluding hydrogens is 951 g/mol. The number of aromatic hydroxyl groups is 2. The van der Waals surface area contributed by atoms with E-state index in [1.807, 2.05) is 0 Å². The van der Waals surface area contributed by atoms with Gasteiger partial charge in [0.2, 0.25) is 11.6 Å². The summed E-state index contributed by atoms with van der Waals surface area (Å²) >= 11 is 0. The lowest BCUT2D eigenvalue weighted by Gasteiger charge is -2.53. The van der Waals surface area contributed by atoms with Crippen LogP contribution in [-0.2, 0) is 28.8 Å². The standard InChI is InChI=1S/2C22H24N2O8.C2H6O.2ClH/c2*1-7-8-5-4-6-9(25)11(8)16(26)12-10(7)17(27)14-15(24(2)3)18(28)13(21(23)31)20(30)22(14,32)19(12)29;1-2-3;;/h2*4-7,10,14-15,17,25-27,30,32H,1-3H3,(H2,23,31);3H,2H2,1H3;2*1H/t2*7-,10+,14+,15-,17-,22-;;;/m00.../s1. The molecule has 69 heavy (non-hydrogen) atoms. The summed E-state index contributed by atoms with van der Waals surface area (Å²) in [5.41, 5.74) is 2.94. The van der Waals surface area contributed by atoms with Crippen molar-refractivity contribution in [1.82, 2.24) is 9.80 Å². The highest BCUT2D eigenvalue weighted by molar-refractivity contribution is 6.26. The smallest absolute Gasteiger partial charge is 0.255 e. The molecule has 376 valence electrons. The minimum Gasteiger partial charge on any atom is -0.508 e. The van der Waals surface area contributed by atoms with E-state index in [9.17, 15) is 79.8 Å². The minimum atomic E-state index is -2.89. The zero-order valence-electron chi connectivity index (χ0n) is 38.2. The summed E-state index contributed by atoms with van der Waals surface area (Å²) in [5.74, 6) is -17.7. The number of Topliss-reactive ketones (excluding diaryl/α,β-unsaturated/α-hetero) is 4. The summed E-state index contributed by atoms with van der Waals surface area (Å²) in [6.45, 7) is 5.28. The third-order valence-corrected chi connectivity index (χ3v) is 14.0. The lowest BCUT2D eigenvalue weighted by Crippen LogP contribution is -2.70. The zero-order chi connectivity index (χ0) is 50.4. The number of ketones is 4. The molecule has 2 aromatic carbocycles. The van der Waals surface area contributed by atoms with Gasteiger partial charge in [0.1, 0.15) is 45.7 Å². The second-order valence-electron chi connectivity index (χ2n) is 17.9. The second kappa shape index (κ2) is 19.5. The molecule has 0 radical (unpaired) electrons. The molecule has 6 aliphatic carbocycles. The summed E-state index contributed by atoms with van der Waals surface area (Å²) < 4.78 is 0. The van der Waals surface area contributed by atoms with Crippen molar-refractivity contribution in [2.45, 2.75) is 68.1 Å². The molecule has 2 aromatic rings. The molecule has 0 saturated heterocycles. The van der Waals surface area contributed by atoms with Crippen molar-refractivity contribution in [3.8, 4) is 11.5 Å². The largest absolute Gasteiger partial charge is 0.508 e. The number of hydrogen-bond acceptors (Lipinski definition) is 19. The average Bonchev–Trinajstić information content (AvgIpc) is 3.23. The molecule has 6 aliphatic rings. The fourth-order valence-electron chi connectivity index (χ4n) is 11.2. The Labute approximate surface area is 406 Å². The van der Waals surface area contributed by atoms with Crippen LogP contribution in [0.25, 0.3) is 11.5 Å². The number of carbonyl (C=O) groups excluding carboxylic acids is 6. The van der Waals surface area contributed by atoms with Crippen molar-refractivity contribution in [2.75, 3.05) is 34.8 Å². The van der Waals surface area contributed by atoms with Gasteiger partial charge in [-0.1, -0.05) is 38.1 Å². The molecule has 23 heteroatoms. The Hall–Kier alpha value is -5.88. The van der Waals surface area contributed by atoms with Crippen LogP contribution < -0.4 is 11.5 Å². The molecule has 0 unspecified atom stereocenters. The molecular formula is C46H56Cl2N4O17. The minimum absolute atomic E-state index is 0. The van der Waals surface area contributed by atoms with E-state index in [4.69, 9.17) is 16.6 Å². The van der Waals surface area contributed by atoms with Gasteiger partial charge in [-0.2, -0.15) is 0 Å². The van der Waals surface area contributed by atoms with Crippen molar-refractivity contribution < 1.29 is 84.9 Å². The molecule has 0 spiro atoms. The molecule has 8 rings (SSSR count). The number of aliphatic hydroxyl groups excluding tert-OH is 7. The number of hydrogen-bond donors (Lipinski definition) is 13. The molecule has 12 atom stereocenters. The number of aliphatic hydroxyl groups is 9. The van der Waals surface area contributed by atoms with Gasteiger partial charge in [0, 0.05) is 29.6 Å². The quantitative estimate of drug-likeness (QED) is 0.177. The van der Waals surface area contributed by atoms with Crippen molar-refractivity contribution in [3.05, 3.63) is 92.5 Å². The van der Waals surface area contributed by atoms with E-state index < -0.39 is 151 Å². The van der Waals surface area contributed by atoms with Crippen LogP contribution in [0.5, 0.6) is 11.5 Å². The van der Waals surface area contributed by atoms with E-state index in [-0.39, 0.29) is 54.0 Å². The van der Waals surface area contributed by atoms with Gasteiger partial charge in [-0.15, -0.1) is 24.8 Å². The Kier molecular flexibility index (Phi) is 15.7. The van der Waals surface area contributed by atoms with E-state index in [1.54, 1.807) is 45.0 Å². The topological polar surface area (TPSA) is 383 Å². The lowest BCUT2D eigenvalue weighted by molar-refractivity contribution is -0.170. The van der Waals surface area contributed by atoms with E-state index in [1.165, 1.54) is 50.1 Å². The Morgan fingerprint density at radius 1 is 0.609 bits per heavy atom. The summed E-state index contributed by atoms with van der Waals surface area (Å²) in [4.78, 5) is 79.9. The van der Waals surface area contributed by atoms with Gasteiger partial charge in [-0.05, 0) is 70.2 Å². The number of phenolic OH excluding ortho intramolecular Hbond substituents is 2. The fraction of sp³-hybridized carbons (Fsp3) is 0.435. The van der Waals surface area contributed by atoms with Crippen molar-refractivity contribution in [1.29, 1.82) is 0 Å². The van der Waals surface area contributed by atoms with Gasteiger partial charge in [0.05, 0.1) is 47.3 Å². The number of benzene rings is 2. The number of halogens is 2. The predicted octanol–water partition coefficient (Wildman–Crippen LogP) is -0.166. The molecule has 0 aromatic heterocycles. The summed E-state index contributed by atoms with van der Waals surface area (Å²) in [6, 6.07) is 6.26. The molecule has 15 N–H and O–H groups in total. The van der Waals surface area contributed by atoms with Crippen LogP contribution >= 0.6 is 24.8 Å². The second-order valence-corrected chi connectivity index (χ2v) is 17.9. The molecule has 2 amide bonds. The Morgan fingerprint density at radius 2 is 0.899 bits per heavy atom. The number of rotatable bonds is 4. The SMILES string of the molecule is CCO.C[C@H]1c2cccc(O)c2C(O)=C2C(=O)[C@]3(O)C(O)=C(C(N)=O)C(=O)[C@@H](N(C)C)[C@@H]3[C@@H](O)[C@@H]21.C[C@H]1c2cccc(O)c2C(O)=C2C(=O)[C@]3(O)C(O)=C(C(N)=O)C(=O)[C@@H](N(C)C)[C@@H]3[C@@H](O)[C@@H]21.Cl.Cl. The number of amides is 2. The Bertz CT molecular complexity index is 2480. The number of nitrogens with two attached hydrogens (primary N) is 2. The highest BCUT2D eigenvalue weighted by atomic mass is 35.5. The van der Waals surface area contributed by atoms with Crippen LogP contribution in [0.3, 0.4) is 0 Å². The number of fused-ring (bicyclic) bond motifs is 6. The normalized spacial score (nSPS) is 32.1. The van der Waals surface area contributed by atoms with Crippen LogP contribution in [0.15, 0.2) is 70.2 Å². The maximum Gasteiger partial charge on any atom is 0.255 e.